The second-order valence-corrected chi connectivity index (χ2v) is 4.87. The average molecular weight is 344 g/mol. The summed E-state index contributed by atoms with van der Waals surface area (Å²) in [4.78, 5) is 20.2. The average Bonchev–Trinajstić information content (AvgIpc) is 2.29. The van der Waals surface area contributed by atoms with E-state index >= 15 is 0 Å². The van der Waals surface area contributed by atoms with Crippen LogP contribution in [0.2, 0.25) is 5.02 Å². The lowest BCUT2D eigenvalue weighted by Crippen LogP contribution is -2.21. The van der Waals surface area contributed by atoms with Crippen LogP contribution in [-0.4, -0.2) is 27.9 Å². The molecule has 0 fully saturated rings. The fourth-order valence-electron chi connectivity index (χ4n) is 0.863. The zero-order chi connectivity index (χ0) is 13.0. The van der Waals surface area contributed by atoms with Crippen LogP contribution in [-0.2, 0) is 9.68 Å². The first-order valence-corrected chi connectivity index (χ1v) is 6.69. The van der Waals surface area contributed by atoms with Crippen LogP contribution in [0, 0.1) is 0 Å². The number of thioether (sulfide) groups is 1. The molecule has 1 atom stereocenters. The van der Waals surface area contributed by atoms with Crippen molar-refractivity contribution in [3.8, 4) is 11.5 Å². The van der Waals surface area contributed by atoms with E-state index in [1.807, 2.05) is 0 Å². The van der Waals surface area contributed by atoms with E-state index in [2.05, 4.69) is 15.9 Å². The van der Waals surface area contributed by atoms with Gasteiger partial charge >= 0.3 is 5.97 Å². The van der Waals surface area contributed by atoms with Gasteiger partial charge in [-0.15, -0.1) is 11.8 Å². The second kappa shape index (κ2) is 6.34. The highest BCUT2D eigenvalue weighted by molar-refractivity contribution is 9.10. The lowest BCUT2D eigenvalue weighted by atomic mass is 10.3. The minimum Gasteiger partial charge on any atom is -0.507 e. The van der Waals surface area contributed by atoms with Gasteiger partial charge in [-0.25, -0.2) is 4.79 Å². The van der Waals surface area contributed by atoms with Crippen molar-refractivity contribution in [2.24, 2.45) is 0 Å². The van der Waals surface area contributed by atoms with Crippen molar-refractivity contribution in [2.75, 3.05) is 6.26 Å². The summed E-state index contributed by atoms with van der Waals surface area (Å²) in [5.74, 6) is -1.11. The molecule has 0 saturated carbocycles. The maximum atomic E-state index is 10.6. The van der Waals surface area contributed by atoms with E-state index in [9.17, 15) is 9.90 Å². The molecule has 8 heteroatoms. The van der Waals surface area contributed by atoms with E-state index in [-0.39, 0.29) is 21.0 Å². The molecule has 1 aromatic rings. The topological polar surface area (TPSA) is 76.0 Å². The van der Waals surface area contributed by atoms with Crippen molar-refractivity contribution in [1.82, 2.24) is 0 Å². The highest BCUT2D eigenvalue weighted by atomic mass is 79.9. The van der Waals surface area contributed by atoms with Crippen LogP contribution in [0.1, 0.15) is 0 Å². The monoisotopic (exact) mass is 342 g/mol. The van der Waals surface area contributed by atoms with Crippen LogP contribution in [0.5, 0.6) is 11.5 Å². The molecule has 0 aliphatic heterocycles. The standard InChI is InChI=1S/C9H8BrClO5S/c1-17-9(8(13)14)16-15-5-3-2-4(12)6(10)7(5)11/h2-3,9,12H,1H3,(H,13,14). The minimum absolute atomic E-state index is 0.0537. The van der Waals surface area contributed by atoms with Crippen molar-refractivity contribution in [2.45, 2.75) is 5.44 Å². The zero-order valence-corrected chi connectivity index (χ0v) is 11.7. The van der Waals surface area contributed by atoms with Gasteiger partial charge in [0.15, 0.2) is 5.75 Å². The zero-order valence-electron chi connectivity index (χ0n) is 8.52. The van der Waals surface area contributed by atoms with Gasteiger partial charge in [0, 0.05) is 0 Å². The molecule has 0 bridgehead atoms. The highest BCUT2D eigenvalue weighted by Gasteiger charge is 2.20. The van der Waals surface area contributed by atoms with Gasteiger partial charge in [-0.1, -0.05) is 11.6 Å². The third-order valence-electron chi connectivity index (χ3n) is 1.67. The van der Waals surface area contributed by atoms with Gasteiger partial charge in [0.1, 0.15) is 10.8 Å². The van der Waals surface area contributed by atoms with E-state index < -0.39 is 11.4 Å². The first-order chi connectivity index (χ1) is 7.97. The SMILES string of the molecule is CSC(OOc1ccc(O)c(Br)c1Cl)C(=O)O. The molecule has 0 aliphatic rings. The number of hydrogen-bond donors (Lipinski definition) is 2. The number of benzene rings is 1. The summed E-state index contributed by atoms with van der Waals surface area (Å²) in [6.07, 6.45) is 1.57. The van der Waals surface area contributed by atoms with Crippen molar-refractivity contribution < 1.29 is 24.8 Å². The molecule has 5 nitrogen and oxygen atoms in total. The van der Waals surface area contributed by atoms with Gasteiger partial charge in [0.05, 0.1) is 4.47 Å². The summed E-state index contributed by atoms with van der Waals surface area (Å²) >= 11 is 9.84. The molecular weight excluding hydrogens is 336 g/mol. The van der Waals surface area contributed by atoms with Crippen molar-refractivity contribution in [3.63, 3.8) is 0 Å². The molecule has 1 rings (SSSR count). The molecule has 0 aromatic heterocycles. The minimum atomic E-state index is -1.16. The van der Waals surface area contributed by atoms with E-state index in [0.717, 1.165) is 11.8 Å². The van der Waals surface area contributed by atoms with Gasteiger partial charge < -0.3 is 15.1 Å². The van der Waals surface area contributed by atoms with Crippen LogP contribution in [0.15, 0.2) is 16.6 Å². The molecule has 17 heavy (non-hydrogen) atoms. The first-order valence-electron chi connectivity index (χ1n) is 4.23. The third kappa shape index (κ3) is 3.67. The summed E-state index contributed by atoms with van der Waals surface area (Å²) in [7, 11) is 0. The fourth-order valence-corrected chi connectivity index (χ4v) is 1.70. The number of halogens is 2. The highest BCUT2D eigenvalue weighted by Crippen LogP contribution is 2.38. The molecule has 0 radical (unpaired) electrons. The van der Waals surface area contributed by atoms with Gasteiger partial charge in [-0.2, -0.15) is 4.89 Å². The van der Waals surface area contributed by atoms with E-state index in [4.69, 9.17) is 26.5 Å². The first kappa shape index (κ1) is 14.4. The number of carboxylic acid groups (broad SMARTS) is 1. The van der Waals surface area contributed by atoms with Gasteiger partial charge in [0.25, 0.3) is 0 Å². The Bertz CT molecular complexity index is 428. The number of carbonyl (C=O) groups is 1. The molecule has 0 saturated heterocycles. The Morgan fingerprint density at radius 2 is 2.24 bits per heavy atom. The van der Waals surface area contributed by atoms with Gasteiger partial charge in [0.2, 0.25) is 5.44 Å². The van der Waals surface area contributed by atoms with Crippen LogP contribution in [0.4, 0.5) is 0 Å². The molecule has 0 aliphatic carbocycles. The number of aromatic hydroxyl groups is 1. The molecule has 2 N–H and O–H groups in total. The van der Waals surface area contributed by atoms with E-state index in [0.29, 0.717) is 0 Å². The molecule has 94 valence electrons. The number of hydrogen-bond acceptors (Lipinski definition) is 5. The Morgan fingerprint density at radius 3 is 2.76 bits per heavy atom. The summed E-state index contributed by atoms with van der Waals surface area (Å²) in [6.45, 7) is 0. The molecule has 1 aromatic carbocycles. The summed E-state index contributed by atoms with van der Waals surface area (Å²) < 4.78 is 0.247. The van der Waals surface area contributed by atoms with Crippen LogP contribution >= 0.6 is 39.3 Å². The number of phenols is 1. The summed E-state index contributed by atoms with van der Waals surface area (Å²) in [5, 5.41) is 18.1. The summed E-state index contributed by atoms with van der Waals surface area (Å²) in [6, 6.07) is 2.70. The van der Waals surface area contributed by atoms with Crippen molar-refractivity contribution in [1.29, 1.82) is 0 Å². The fraction of sp³-hybridized carbons (Fsp3) is 0.222. The predicted octanol–water partition coefficient (Wildman–Crippen LogP) is 2.89. The molecule has 1 unspecified atom stereocenters. The Morgan fingerprint density at radius 1 is 1.59 bits per heavy atom. The Kier molecular flexibility index (Phi) is 5.38. The van der Waals surface area contributed by atoms with Crippen LogP contribution in [0.3, 0.4) is 0 Å². The number of rotatable bonds is 5. The maximum absolute atomic E-state index is 10.6. The van der Waals surface area contributed by atoms with Crippen LogP contribution in [0.25, 0.3) is 0 Å². The summed E-state index contributed by atoms with van der Waals surface area (Å²) in [5.41, 5.74) is -1.15. The Balaban J connectivity index is 2.76. The largest absolute Gasteiger partial charge is 0.507 e. The normalized spacial score (nSPS) is 12.2. The second-order valence-electron chi connectivity index (χ2n) is 2.80. The maximum Gasteiger partial charge on any atom is 0.347 e. The predicted molar refractivity (Wildman–Crippen MR) is 67.5 cm³/mol. The third-order valence-corrected chi connectivity index (χ3v) is 3.78. The lowest BCUT2D eigenvalue weighted by molar-refractivity contribution is -0.224. The van der Waals surface area contributed by atoms with Crippen LogP contribution < -0.4 is 4.89 Å². The van der Waals surface area contributed by atoms with E-state index in [1.54, 1.807) is 6.26 Å². The van der Waals surface area contributed by atoms with Gasteiger partial charge in [-0.05, 0) is 34.3 Å². The molecule has 0 heterocycles. The van der Waals surface area contributed by atoms with Gasteiger partial charge in [-0.3, -0.25) is 0 Å². The number of aliphatic carboxylic acids is 1. The molecule has 0 amide bonds. The van der Waals surface area contributed by atoms with Crippen molar-refractivity contribution in [3.05, 3.63) is 21.6 Å². The lowest BCUT2D eigenvalue weighted by Gasteiger charge is -2.12. The molecule has 0 spiro atoms. The quantitative estimate of drug-likeness (QED) is 0.486. The molecular formula is C9H8BrClO5S. The number of carboxylic acids is 1. The smallest absolute Gasteiger partial charge is 0.347 e. The van der Waals surface area contributed by atoms with E-state index in [1.165, 1.54) is 12.1 Å². The Labute approximate surface area is 115 Å². The Hall–Kier alpha value is -0.630. The number of phenolic OH excluding ortho intramolecular Hbond substituents is 1. The van der Waals surface area contributed by atoms with Crippen molar-refractivity contribution >= 4 is 45.3 Å².